The van der Waals surface area contributed by atoms with Crippen LogP contribution in [0.1, 0.15) is 31.1 Å². The summed E-state index contributed by atoms with van der Waals surface area (Å²) < 4.78 is 0. The zero-order valence-electron chi connectivity index (χ0n) is 10.6. The summed E-state index contributed by atoms with van der Waals surface area (Å²) >= 11 is 0. The predicted molar refractivity (Wildman–Crippen MR) is 72.8 cm³/mol. The lowest BCUT2D eigenvalue weighted by atomic mass is 9.98. The molecule has 3 N–H and O–H groups in total. The normalized spacial score (nSPS) is 10.1. The van der Waals surface area contributed by atoms with Crippen molar-refractivity contribution in [2.45, 2.75) is 0 Å². The van der Waals surface area contributed by atoms with Crippen molar-refractivity contribution in [1.82, 2.24) is 0 Å². The summed E-state index contributed by atoms with van der Waals surface area (Å²) in [5.74, 6) is -2.78. The van der Waals surface area contributed by atoms with Gasteiger partial charge in [0.2, 0.25) is 0 Å². The molecule has 0 atom stereocenters. The molecule has 21 heavy (non-hydrogen) atoms. The first kappa shape index (κ1) is 14.3. The lowest BCUT2D eigenvalue weighted by Gasteiger charge is -2.07. The molecule has 0 amide bonds. The Labute approximate surface area is 118 Å². The number of carbonyl (C=O) groups is 3. The molecule has 0 radical (unpaired) electrons. The maximum absolute atomic E-state index is 11.0. The van der Waals surface area contributed by atoms with E-state index in [1.54, 1.807) is 0 Å². The number of carboxylic acids is 2. The highest BCUT2D eigenvalue weighted by atomic mass is 16.4. The second-order valence-electron chi connectivity index (χ2n) is 4.30. The lowest BCUT2D eigenvalue weighted by Crippen LogP contribution is -2.03. The molecule has 0 aliphatic rings. The van der Waals surface area contributed by atoms with Crippen molar-refractivity contribution < 1.29 is 29.7 Å². The van der Waals surface area contributed by atoms with Crippen molar-refractivity contribution in [2.24, 2.45) is 0 Å². The van der Waals surface area contributed by atoms with Crippen molar-refractivity contribution in [3.05, 3.63) is 53.1 Å². The van der Waals surface area contributed by atoms with E-state index in [9.17, 15) is 19.5 Å². The molecular weight excluding hydrogens is 276 g/mol. The molecule has 0 aliphatic carbocycles. The smallest absolute Gasteiger partial charge is 0.335 e. The molecule has 2 rings (SSSR count). The van der Waals surface area contributed by atoms with Gasteiger partial charge in [0.1, 0.15) is 5.75 Å². The van der Waals surface area contributed by atoms with Crippen LogP contribution in [-0.2, 0) is 0 Å². The van der Waals surface area contributed by atoms with Crippen molar-refractivity contribution >= 4 is 18.2 Å². The minimum absolute atomic E-state index is 0.0894. The second-order valence-corrected chi connectivity index (χ2v) is 4.30. The van der Waals surface area contributed by atoms with Gasteiger partial charge < -0.3 is 15.3 Å². The number of aldehydes is 1. The van der Waals surface area contributed by atoms with Crippen molar-refractivity contribution in [3.8, 4) is 16.9 Å². The number of hydrogen-bond donors (Lipinski definition) is 3. The summed E-state index contributed by atoms with van der Waals surface area (Å²) in [5, 5.41) is 27.7. The van der Waals surface area contributed by atoms with Gasteiger partial charge in [0.15, 0.2) is 6.29 Å². The first-order chi connectivity index (χ1) is 9.92. The predicted octanol–water partition coefficient (Wildman–Crippen LogP) is 2.27. The fraction of sp³-hybridized carbons (Fsp3) is 0. The molecule has 0 unspecified atom stereocenters. The van der Waals surface area contributed by atoms with E-state index in [1.165, 1.54) is 30.3 Å². The Morgan fingerprint density at radius 1 is 0.857 bits per heavy atom. The maximum Gasteiger partial charge on any atom is 0.335 e. The van der Waals surface area contributed by atoms with Crippen LogP contribution in [0.25, 0.3) is 11.1 Å². The molecule has 0 fully saturated rings. The van der Waals surface area contributed by atoms with Gasteiger partial charge in [-0.2, -0.15) is 0 Å². The molecule has 6 heteroatoms. The molecule has 106 valence electrons. The molecule has 0 saturated heterocycles. The molecule has 0 saturated carbocycles. The van der Waals surface area contributed by atoms with Crippen molar-refractivity contribution in [2.75, 3.05) is 0 Å². The van der Waals surface area contributed by atoms with Crippen molar-refractivity contribution in [1.29, 1.82) is 0 Å². The average molecular weight is 286 g/mol. The van der Waals surface area contributed by atoms with Crippen LogP contribution in [-0.4, -0.2) is 33.5 Å². The number of hydrogen-bond acceptors (Lipinski definition) is 4. The Bertz CT molecular complexity index is 716. The highest BCUT2D eigenvalue weighted by Gasteiger charge is 2.13. The van der Waals surface area contributed by atoms with Gasteiger partial charge in [0.25, 0.3) is 0 Å². The first-order valence-electron chi connectivity index (χ1n) is 5.82. The van der Waals surface area contributed by atoms with E-state index in [0.29, 0.717) is 17.4 Å². The Hall–Kier alpha value is -3.15. The van der Waals surface area contributed by atoms with Crippen molar-refractivity contribution in [3.63, 3.8) is 0 Å². The molecule has 6 nitrogen and oxygen atoms in total. The number of carbonyl (C=O) groups excluding carboxylic acids is 1. The van der Waals surface area contributed by atoms with Crippen LogP contribution in [0, 0.1) is 0 Å². The van der Waals surface area contributed by atoms with Gasteiger partial charge in [-0.3, -0.25) is 4.79 Å². The van der Waals surface area contributed by atoms with Crippen LogP contribution in [0.3, 0.4) is 0 Å². The van der Waals surface area contributed by atoms with E-state index >= 15 is 0 Å². The van der Waals surface area contributed by atoms with Crippen LogP contribution in [0.4, 0.5) is 0 Å². The molecule has 0 spiro atoms. The minimum atomic E-state index is -1.26. The number of phenolic OH excluding ortho intramolecular Hbond substituents is 1. The quantitative estimate of drug-likeness (QED) is 0.743. The summed E-state index contributed by atoms with van der Waals surface area (Å²) in [7, 11) is 0. The first-order valence-corrected chi connectivity index (χ1v) is 5.82. The number of carboxylic acid groups (broad SMARTS) is 2. The highest BCUT2D eigenvalue weighted by molar-refractivity contribution is 5.96. The largest absolute Gasteiger partial charge is 0.507 e. The number of phenols is 1. The molecule has 0 heterocycles. The summed E-state index contributed by atoms with van der Waals surface area (Å²) in [4.78, 5) is 32.7. The summed E-state index contributed by atoms with van der Waals surface area (Å²) in [6.45, 7) is 0. The fourth-order valence-corrected chi connectivity index (χ4v) is 1.86. The van der Waals surface area contributed by atoms with Gasteiger partial charge in [-0.25, -0.2) is 9.59 Å². The van der Waals surface area contributed by atoms with E-state index < -0.39 is 11.9 Å². The van der Waals surface area contributed by atoms with E-state index in [1.807, 2.05) is 0 Å². The van der Waals surface area contributed by atoms with Gasteiger partial charge in [-0.15, -0.1) is 0 Å². The average Bonchev–Trinajstić information content (AvgIpc) is 2.46. The summed E-state index contributed by atoms with van der Waals surface area (Å²) in [5.41, 5.74) is 0.461. The van der Waals surface area contributed by atoms with Crippen LogP contribution < -0.4 is 0 Å². The standard InChI is InChI=1S/C15H10O6/c16-7-9-2-1-8(6-13(9)17)10-3-11(14(18)19)5-12(4-10)15(20)21/h1-7,17H,(H,18,19)(H,20,21). The van der Waals surface area contributed by atoms with Gasteiger partial charge in [0, 0.05) is 0 Å². The Morgan fingerprint density at radius 3 is 1.86 bits per heavy atom. The van der Waals surface area contributed by atoms with E-state index in [-0.39, 0.29) is 22.4 Å². The van der Waals surface area contributed by atoms with E-state index in [2.05, 4.69) is 0 Å². The van der Waals surface area contributed by atoms with Gasteiger partial charge in [-0.1, -0.05) is 6.07 Å². The third-order valence-electron chi connectivity index (χ3n) is 2.92. The highest BCUT2D eigenvalue weighted by Crippen LogP contribution is 2.27. The Morgan fingerprint density at radius 2 is 1.43 bits per heavy atom. The van der Waals surface area contributed by atoms with Crippen LogP contribution in [0.2, 0.25) is 0 Å². The van der Waals surface area contributed by atoms with Crippen LogP contribution in [0.15, 0.2) is 36.4 Å². The molecule has 2 aromatic carbocycles. The maximum atomic E-state index is 11.0. The topological polar surface area (TPSA) is 112 Å². The fourth-order valence-electron chi connectivity index (χ4n) is 1.86. The molecule has 2 aromatic rings. The number of benzene rings is 2. The minimum Gasteiger partial charge on any atom is -0.507 e. The third-order valence-corrected chi connectivity index (χ3v) is 2.92. The van der Waals surface area contributed by atoms with Crippen LogP contribution >= 0.6 is 0 Å². The van der Waals surface area contributed by atoms with Gasteiger partial charge >= 0.3 is 11.9 Å². The molecule has 0 aromatic heterocycles. The summed E-state index contributed by atoms with van der Waals surface area (Å²) in [6, 6.07) is 7.78. The summed E-state index contributed by atoms with van der Waals surface area (Å²) in [6.07, 6.45) is 0.482. The van der Waals surface area contributed by atoms with Crippen LogP contribution in [0.5, 0.6) is 5.75 Å². The lowest BCUT2D eigenvalue weighted by molar-refractivity contribution is 0.0696. The van der Waals surface area contributed by atoms with Gasteiger partial charge in [-0.05, 0) is 41.5 Å². The molecular formula is C15H10O6. The van der Waals surface area contributed by atoms with E-state index in [0.717, 1.165) is 6.07 Å². The Kier molecular flexibility index (Phi) is 3.71. The molecule has 0 aliphatic heterocycles. The Balaban J connectivity index is 2.62. The zero-order valence-corrected chi connectivity index (χ0v) is 10.6. The third kappa shape index (κ3) is 2.89. The zero-order chi connectivity index (χ0) is 15.6. The van der Waals surface area contributed by atoms with E-state index in [4.69, 9.17) is 10.2 Å². The number of aromatic carboxylic acids is 2. The monoisotopic (exact) mass is 286 g/mol. The number of aromatic hydroxyl groups is 1. The second kappa shape index (κ2) is 5.46. The number of rotatable bonds is 4. The molecule has 0 bridgehead atoms. The SMILES string of the molecule is O=Cc1ccc(-c2cc(C(=O)O)cc(C(=O)O)c2)cc1O. The van der Waals surface area contributed by atoms with Gasteiger partial charge in [0.05, 0.1) is 16.7 Å².